The second kappa shape index (κ2) is 21.9. The van der Waals surface area contributed by atoms with Gasteiger partial charge in [0, 0.05) is 43.0 Å². The Morgan fingerprint density at radius 3 is 2.45 bits per heavy atom. The summed E-state index contributed by atoms with van der Waals surface area (Å²) in [5.41, 5.74) is 0.480. The molecule has 0 unspecified atom stereocenters. The maximum Gasteiger partial charge on any atom is 0.410 e. The second-order valence-electron chi connectivity index (χ2n) is 14.0. The number of rotatable bonds is 19. The molecule has 0 aromatic heterocycles. The predicted molar refractivity (Wildman–Crippen MR) is 195 cm³/mol. The van der Waals surface area contributed by atoms with E-state index in [1.54, 1.807) is 36.6 Å². The minimum Gasteiger partial charge on any atom is -0.444 e. The van der Waals surface area contributed by atoms with Gasteiger partial charge in [0.25, 0.3) is 0 Å². The average Bonchev–Trinajstić information content (AvgIpc) is 3.05. The molecule has 1 aliphatic rings. The second-order valence-corrected chi connectivity index (χ2v) is 15.0. The number of carbonyl (C=O) groups excluding carboxylic acids is 4. The third-order valence-corrected chi connectivity index (χ3v) is 9.66. The van der Waals surface area contributed by atoms with Crippen LogP contribution in [-0.4, -0.2) is 94.7 Å². The van der Waals surface area contributed by atoms with Gasteiger partial charge in [-0.05, 0) is 71.3 Å². The number of hydrogen-bond acceptors (Lipinski definition) is 8. The molecule has 12 heteroatoms. The fraction of sp³-hybridized carbons (Fsp3) is 0.676. The summed E-state index contributed by atoms with van der Waals surface area (Å²) in [4.78, 5) is 54.2. The number of hydrogen-bond donors (Lipinski definition) is 5. The molecule has 11 nitrogen and oxygen atoms in total. The Bertz CT molecular complexity index is 1190. The van der Waals surface area contributed by atoms with E-state index in [9.17, 15) is 24.3 Å². The fourth-order valence-corrected chi connectivity index (χ4v) is 6.79. The van der Waals surface area contributed by atoms with Gasteiger partial charge in [-0.1, -0.05) is 62.8 Å². The molecule has 1 heterocycles. The molecule has 49 heavy (non-hydrogen) atoms. The summed E-state index contributed by atoms with van der Waals surface area (Å²) in [6.45, 7) is 12.1. The quantitative estimate of drug-likeness (QED) is 0.105. The monoisotopic (exact) mass is 704 g/mol. The number of allylic oxidation sites excluding steroid dienone is 1. The van der Waals surface area contributed by atoms with Gasteiger partial charge in [-0.15, -0.1) is 0 Å². The highest BCUT2D eigenvalue weighted by Crippen LogP contribution is 2.29. The number of piperidine rings is 1. The number of aliphatic hydroxyl groups is 2. The Labute approximate surface area is 297 Å². The van der Waals surface area contributed by atoms with Gasteiger partial charge in [0.2, 0.25) is 17.7 Å². The molecule has 4 amide bonds. The van der Waals surface area contributed by atoms with Gasteiger partial charge in [-0.2, -0.15) is 11.8 Å². The van der Waals surface area contributed by atoms with Crippen molar-refractivity contribution in [1.82, 2.24) is 20.9 Å². The van der Waals surface area contributed by atoms with Crippen molar-refractivity contribution in [2.24, 2.45) is 17.8 Å². The highest BCUT2D eigenvalue weighted by Gasteiger charge is 2.38. The minimum atomic E-state index is -0.976. The molecule has 1 aromatic carbocycles. The smallest absolute Gasteiger partial charge is 0.410 e. The SMILES string of the molecule is CCCCNC(=O)[C@H](C)C[C@H](O)[C@H](CSCc1ccccc1)NC(=O)[C@H](C)NC(=O)[C@@H]1CCN(C(=O)OC(C)(C)C)C[C@@H]1CC/C=C/CO. The van der Waals surface area contributed by atoms with Crippen LogP contribution in [-0.2, 0) is 24.9 Å². The molecule has 0 aliphatic carbocycles. The minimum absolute atomic E-state index is 0.0727. The van der Waals surface area contributed by atoms with Crippen molar-refractivity contribution in [2.45, 2.75) is 110 Å². The summed E-state index contributed by atoms with van der Waals surface area (Å²) in [5.74, 6) is -0.760. The van der Waals surface area contributed by atoms with Crippen LogP contribution in [0.4, 0.5) is 4.79 Å². The van der Waals surface area contributed by atoms with Gasteiger partial charge >= 0.3 is 6.09 Å². The van der Waals surface area contributed by atoms with Gasteiger partial charge in [-0.3, -0.25) is 14.4 Å². The zero-order valence-electron chi connectivity index (χ0n) is 30.3. The molecule has 6 atom stereocenters. The number of aliphatic hydroxyl groups excluding tert-OH is 2. The summed E-state index contributed by atoms with van der Waals surface area (Å²) < 4.78 is 5.57. The molecule has 5 N–H and O–H groups in total. The number of thioether (sulfide) groups is 1. The zero-order valence-corrected chi connectivity index (χ0v) is 31.1. The number of carbonyl (C=O) groups is 4. The topological polar surface area (TPSA) is 157 Å². The van der Waals surface area contributed by atoms with Crippen LogP contribution in [0.2, 0.25) is 0 Å². The summed E-state index contributed by atoms with van der Waals surface area (Å²) in [5, 5.41) is 29.1. The molecule has 0 spiro atoms. The lowest BCUT2D eigenvalue weighted by Gasteiger charge is -2.38. The Balaban J connectivity index is 2.09. The number of likely N-dealkylation sites (tertiary alicyclic amines) is 1. The molecule has 0 bridgehead atoms. The molecule has 2 rings (SSSR count). The molecule has 1 aliphatic heterocycles. The first-order valence-corrected chi connectivity index (χ1v) is 18.8. The first-order valence-electron chi connectivity index (χ1n) is 17.7. The van der Waals surface area contributed by atoms with Crippen molar-refractivity contribution >= 4 is 35.6 Å². The summed E-state index contributed by atoms with van der Waals surface area (Å²) in [7, 11) is 0. The standard InChI is InChI=1S/C37H60N4O7S/c1-7-8-19-38-33(44)26(2)22-32(43)31(25-49-24-28-15-11-9-12-16-28)40-34(45)27(3)39-35(46)30-18-20-41(36(47)48-37(4,5)6)23-29(30)17-13-10-14-21-42/h9-12,14-16,26-27,29-32,42-43H,7-8,13,17-25H2,1-6H3,(H,38,44)(H,39,46)(H,40,45)/b14-10+/t26-,27+,29+,30-,31+,32+/m1/s1. The lowest BCUT2D eigenvalue weighted by Crippen LogP contribution is -2.55. The fourth-order valence-electron chi connectivity index (χ4n) is 5.68. The Kier molecular flexibility index (Phi) is 18.8. The van der Waals surface area contributed by atoms with E-state index in [4.69, 9.17) is 9.84 Å². The van der Waals surface area contributed by atoms with Crippen molar-refractivity contribution in [3.63, 3.8) is 0 Å². The number of unbranched alkanes of at least 4 members (excludes halogenated alkanes) is 1. The van der Waals surface area contributed by atoms with Crippen molar-refractivity contribution in [2.75, 3.05) is 32.0 Å². The molecule has 1 fully saturated rings. The van der Waals surface area contributed by atoms with Crippen molar-refractivity contribution < 1.29 is 34.1 Å². The maximum atomic E-state index is 13.6. The first kappa shape index (κ1) is 42.1. The van der Waals surface area contributed by atoms with Gasteiger partial charge < -0.3 is 35.8 Å². The molecular formula is C37H60N4O7S. The summed E-state index contributed by atoms with van der Waals surface area (Å²) in [6.07, 6.45) is 5.80. The number of nitrogens with one attached hydrogen (secondary N) is 3. The van der Waals surface area contributed by atoms with E-state index in [2.05, 4.69) is 22.9 Å². The average molecular weight is 705 g/mol. The molecule has 0 saturated carbocycles. The summed E-state index contributed by atoms with van der Waals surface area (Å²) >= 11 is 1.58. The molecule has 1 saturated heterocycles. The lowest BCUT2D eigenvalue weighted by atomic mass is 9.81. The third kappa shape index (κ3) is 16.0. The van der Waals surface area contributed by atoms with Crippen molar-refractivity contribution in [1.29, 1.82) is 0 Å². The first-order chi connectivity index (χ1) is 23.2. The van der Waals surface area contributed by atoms with E-state index in [0.717, 1.165) is 18.4 Å². The van der Waals surface area contributed by atoms with Crippen LogP contribution in [0.5, 0.6) is 0 Å². The Morgan fingerprint density at radius 2 is 1.80 bits per heavy atom. The van der Waals surface area contributed by atoms with Gasteiger partial charge in [0.15, 0.2) is 0 Å². The van der Waals surface area contributed by atoms with E-state index < -0.39 is 47.6 Å². The van der Waals surface area contributed by atoms with Gasteiger partial charge in [-0.25, -0.2) is 4.79 Å². The normalized spacial score (nSPS) is 19.1. The van der Waals surface area contributed by atoms with E-state index >= 15 is 0 Å². The van der Waals surface area contributed by atoms with E-state index in [-0.39, 0.29) is 30.8 Å². The van der Waals surface area contributed by atoms with E-state index in [0.29, 0.717) is 50.4 Å². The third-order valence-electron chi connectivity index (χ3n) is 8.52. The van der Waals surface area contributed by atoms with Crippen LogP contribution >= 0.6 is 11.8 Å². The molecule has 276 valence electrons. The van der Waals surface area contributed by atoms with E-state index in [1.165, 1.54) is 0 Å². The van der Waals surface area contributed by atoms with Crippen LogP contribution in [0, 0.1) is 17.8 Å². The highest BCUT2D eigenvalue weighted by atomic mass is 32.2. The van der Waals surface area contributed by atoms with Crippen LogP contribution in [0.3, 0.4) is 0 Å². The highest BCUT2D eigenvalue weighted by molar-refractivity contribution is 7.98. The molecular weight excluding hydrogens is 644 g/mol. The van der Waals surface area contributed by atoms with Crippen LogP contribution in [0.1, 0.15) is 85.6 Å². The largest absolute Gasteiger partial charge is 0.444 e. The number of ether oxygens (including phenoxy) is 1. The van der Waals surface area contributed by atoms with Crippen LogP contribution in [0.15, 0.2) is 42.5 Å². The maximum absolute atomic E-state index is 13.6. The Morgan fingerprint density at radius 1 is 1.08 bits per heavy atom. The van der Waals surface area contributed by atoms with Gasteiger partial charge in [0.05, 0.1) is 18.8 Å². The lowest BCUT2D eigenvalue weighted by molar-refractivity contribution is -0.133. The number of benzene rings is 1. The van der Waals surface area contributed by atoms with Crippen LogP contribution in [0.25, 0.3) is 0 Å². The Hall–Kier alpha value is -3.09. The molecule has 0 radical (unpaired) electrons. The van der Waals surface area contributed by atoms with Gasteiger partial charge in [0.1, 0.15) is 11.6 Å². The number of amides is 4. The number of nitrogens with zero attached hydrogens (tertiary/aromatic N) is 1. The molecule has 1 aromatic rings. The predicted octanol–water partition coefficient (Wildman–Crippen LogP) is 4.41. The van der Waals surface area contributed by atoms with E-state index in [1.807, 2.05) is 57.2 Å². The summed E-state index contributed by atoms with van der Waals surface area (Å²) in [6, 6.07) is 8.39. The van der Waals surface area contributed by atoms with Crippen molar-refractivity contribution in [3.05, 3.63) is 48.0 Å². The van der Waals surface area contributed by atoms with Crippen LogP contribution < -0.4 is 16.0 Å². The van der Waals surface area contributed by atoms with Crippen molar-refractivity contribution in [3.8, 4) is 0 Å². The zero-order chi connectivity index (χ0) is 36.4.